The largest absolute Gasteiger partial charge is 0.394 e. The first kappa shape index (κ1) is 19.8. The van der Waals surface area contributed by atoms with E-state index in [-0.39, 0.29) is 36.8 Å². The Balaban J connectivity index is 1.50. The van der Waals surface area contributed by atoms with Crippen molar-refractivity contribution in [3.05, 3.63) is 35.9 Å². The van der Waals surface area contributed by atoms with Crippen molar-refractivity contribution in [3.63, 3.8) is 0 Å². The number of likely N-dealkylation sites (tertiary alicyclic amines) is 2. The Labute approximate surface area is 161 Å². The van der Waals surface area contributed by atoms with Crippen LogP contribution in [0.25, 0.3) is 0 Å². The molecule has 0 unspecified atom stereocenters. The maximum absolute atomic E-state index is 12.5. The van der Waals surface area contributed by atoms with E-state index in [1.54, 1.807) is 13.8 Å². The molecule has 0 radical (unpaired) electrons. The minimum absolute atomic E-state index is 0.0819. The molecule has 1 atom stereocenters. The van der Waals surface area contributed by atoms with Gasteiger partial charge in [-0.3, -0.25) is 14.5 Å². The second-order valence-corrected chi connectivity index (χ2v) is 8.47. The summed E-state index contributed by atoms with van der Waals surface area (Å²) in [5.41, 5.74) is 0.660. The van der Waals surface area contributed by atoms with Crippen LogP contribution in [0.15, 0.2) is 30.3 Å². The van der Waals surface area contributed by atoms with Gasteiger partial charge in [0, 0.05) is 38.6 Å². The van der Waals surface area contributed by atoms with E-state index in [9.17, 15) is 14.7 Å². The lowest BCUT2D eigenvalue weighted by molar-refractivity contribution is -0.131. The highest BCUT2D eigenvalue weighted by atomic mass is 16.3. The molecule has 6 heteroatoms. The van der Waals surface area contributed by atoms with Crippen LogP contribution in [0.5, 0.6) is 0 Å². The number of carbonyl (C=O) groups is 2. The van der Waals surface area contributed by atoms with Crippen molar-refractivity contribution in [2.45, 2.75) is 51.2 Å². The molecule has 2 aliphatic rings. The summed E-state index contributed by atoms with van der Waals surface area (Å²) in [5, 5.41) is 12.2. The smallest absolute Gasteiger partial charge is 0.225 e. The lowest BCUT2D eigenvalue weighted by Gasteiger charge is -2.37. The third-order valence-electron chi connectivity index (χ3n) is 5.63. The van der Waals surface area contributed by atoms with Gasteiger partial charge in [-0.15, -0.1) is 0 Å². The zero-order valence-corrected chi connectivity index (χ0v) is 16.4. The highest BCUT2D eigenvalue weighted by molar-refractivity contribution is 5.89. The van der Waals surface area contributed by atoms with Crippen molar-refractivity contribution in [2.75, 3.05) is 26.2 Å². The van der Waals surface area contributed by atoms with Gasteiger partial charge < -0.3 is 15.3 Å². The van der Waals surface area contributed by atoms with Gasteiger partial charge in [-0.1, -0.05) is 30.3 Å². The summed E-state index contributed by atoms with van der Waals surface area (Å²) in [6.45, 7) is 6.82. The Hall–Kier alpha value is -1.92. The zero-order chi connectivity index (χ0) is 19.4. The van der Waals surface area contributed by atoms with Crippen LogP contribution in [0.2, 0.25) is 0 Å². The molecule has 0 aliphatic carbocycles. The minimum Gasteiger partial charge on any atom is -0.394 e. The molecule has 0 bridgehead atoms. The third-order valence-corrected chi connectivity index (χ3v) is 5.63. The van der Waals surface area contributed by atoms with Gasteiger partial charge in [0.05, 0.1) is 18.1 Å². The van der Waals surface area contributed by atoms with Crippen molar-refractivity contribution < 1.29 is 14.7 Å². The van der Waals surface area contributed by atoms with Crippen LogP contribution in [0.1, 0.15) is 38.7 Å². The van der Waals surface area contributed by atoms with Crippen molar-refractivity contribution >= 4 is 11.8 Å². The summed E-state index contributed by atoms with van der Waals surface area (Å²) >= 11 is 0. The van der Waals surface area contributed by atoms with Gasteiger partial charge in [0.1, 0.15) is 0 Å². The van der Waals surface area contributed by atoms with Gasteiger partial charge in [-0.2, -0.15) is 0 Å². The van der Waals surface area contributed by atoms with Crippen LogP contribution in [-0.2, 0) is 16.1 Å². The van der Waals surface area contributed by atoms with E-state index in [1.165, 1.54) is 5.56 Å². The number of benzene rings is 1. The number of hydrogen-bond acceptors (Lipinski definition) is 4. The highest BCUT2D eigenvalue weighted by Gasteiger charge is 2.39. The molecule has 0 saturated carbocycles. The fourth-order valence-electron chi connectivity index (χ4n) is 3.97. The minimum atomic E-state index is -0.656. The summed E-state index contributed by atoms with van der Waals surface area (Å²) in [6, 6.07) is 10.7. The lowest BCUT2D eigenvalue weighted by Crippen LogP contribution is -2.49. The second kappa shape index (κ2) is 8.40. The number of nitrogens with zero attached hydrogens (tertiary/aromatic N) is 2. The Morgan fingerprint density at radius 2 is 1.89 bits per heavy atom. The number of aliphatic hydroxyl groups is 1. The first-order chi connectivity index (χ1) is 12.9. The van der Waals surface area contributed by atoms with Gasteiger partial charge in [0.2, 0.25) is 11.8 Å². The van der Waals surface area contributed by atoms with E-state index in [4.69, 9.17) is 0 Å². The summed E-state index contributed by atoms with van der Waals surface area (Å²) in [5.74, 6) is -0.365. The maximum atomic E-state index is 12.5. The molecule has 2 saturated heterocycles. The second-order valence-electron chi connectivity index (χ2n) is 8.47. The summed E-state index contributed by atoms with van der Waals surface area (Å²) in [4.78, 5) is 29.3. The molecule has 0 spiro atoms. The van der Waals surface area contributed by atoms with Crippen molar-refractivity contribution in [3.8, 4) is 0 Å². The molecule has 2 fully saturated rings. The van der Waals surface area contributed by atoms with E-state index in [0.717, 1.165) is 32.5 Å². The number of hydrogen-bond donors (Lipinski definition) is 2. The predicted octanol–water partition coefficient (Wildman–Crippen LogP) is 1.39. The molecule has 148 valence electrons. The van der Waals surface area contributed by atoms with Crippen molar-refractivity contribution in [2.24, 2.45) is 5.92 Å². The van der Waals surface area contributed by atoms with Gasteiger partial charge in [-0.05, 0) is 32.3 Å². The number of nitrogens with one attached hydrogen (secondary N) is 1. The molecular formula is C21H31N3O3. The number of piperidine rings is 1. The van der Waals surface area contributed by atoms with Gasteiger partial charge in [0.25, 0.3) is 0 Å². The van der Waals surface area contributed by atoms with Crippen molar-refractivity contribution in [1.82, 2.24) is 15.1 Å². The third kappa shape index (κ3) is 5.08. The highest BCUT2D eigenvalue weighted by Crippen LogP contribution is 2.26. The molecule has 6 nitrogen and oxygen atoms in total. The first-order valence-electron chi connectivity index (χ1n) is 9.86. The first-order valence-corrected chi connectivity index (χ1v) is 9.86. The van der Waals surface area contributed by atoms with Gasteiger partial charge in [0.15, 0.2) is 0 Å². The van der Waals surface area contributed by atoms with E-state index in [0.29, 0.717) is 6.54 Å². The SMILES string of the molecule is CC(C)(CO)NC(=O)[C@@H]1CC(=O)N(C2CCN(Cc3ccccc3)CC2)C1. The molecule has 2 aliphatic heterocycles. The Morgan fingerprint density at radius 3 is 2.52 bits per heavy atom. The Kier molecular flexibility index (Phi) is 6.17. The fraction of sp³-hybridized carbons (Fsp3) is 0.619. The van der Waals surface area contributed by atoms with Gasteiger partial charge in [-0.25, -0.2) is 0 Å². The molecular weight excluding hydrogens is 342 g/mol. The molecule has 3 rings (SSSR count). The molecule has 1 aromatic carbocycles. The van der Waals surface area contributed by atoms with Crippen molar-refractivity contribution in [1.29, 1.82) is 0 Å². The number of amides is 2. The van der Waals surface area contributed by atoms with E-state index < -0.39 is 5.54 Å². The number of aliphatic hydroxyl groups excluding tert-OH is 1. The molecule has 1 aromatic rings. The van der Waals surface area contributed by atoms with Crippen LogP contribution in [0, 0.1) is 5.92 Å². The topological polar surface area (TPSA) is 72.9 Å². The molecule has 2 N–H and O–H groups in total. The van der Waals surface area contributed by atoms with E-state index >= 15 is 0 Å². The normalized spacial score (nSPS) is 22.3. The maximum Gasteiger partial charge on any atom is 0.225 e. The van der Waals surface area contributed by atoms with Crippen LogP contribution < -0.4 is 5.32 Å². The van der Waals surface area contributed by atoms with Crippen LogP contribution in [0.3, 0.4) is 0 Å². The monoisotopic (exact) mass is 373 g/mol. The van der Waals surface area contributed by atoms with Crippen LogP contribution in [-0.4, -0.2) is 64.5 Å². The summed E-state index contributed by atoms with van der Waals surface area (Å²) in [7, 11) is 0. The van der Waals surface area contributed by atoms with E-state index in [1.807, 2.05) is 11.0 Å². The quantitative estimate of drug-likeness (QED) is 0.790. The predicted molar refractivity (Wildman–Crippen MR) is 104 cm³/mol. The van der Waals surface area contributed by atoms with Crippen LogP contribution >= 0.6 is 0 Å². The lowest BCUT2D eigenvalue weighted by atomic mass is 10.0. The average Bonchev–Trinajstić information content (AvgIpc) is 3.05. The Morgan fingerprint density at radius 1 is 1.22 bits per heavy atom. The zero-order valence-electron chi connectivity index (χ0n) is 16.4. The molecule has 2 heterocycles. The molecule has 27 heavy (non-hydrogen) atoms. The molecule has 2 amide bonds. The standard InChI is InChI=1S/C21H31N3O3/c1-21(2,15-25)22-20(27)17-12-19(26)24(14-17)18-8-10-23(11-9-18)13-16-6-4-3-5-7-16/h3-7,17-18,25H,8-15H2,1-2H3,(H,22,27)/t17-/m1/s1. The van der Waals surface area contributed by atoms with E-state index in [2.05, 4.69) is 34.5 Å². The fourth-order valence-corrected chi connectivity index (χ4v) is 3.97. The number of carbonyl (C=O) groups excluding carboxylic acids is 2. The average molecular weight is 373 g/mol. The van der Waals surface area contributed by atoms with Crippen LogP contribution in [0.4, 0.5) is 0 Å². The summed E-state index contributed by atoms with van der Waals surface area (Å²) < 4.78 is 0. The summed E-state index contributed by atoms with van der Waals surface area (Å²) in [6.07, 6.45) is 2.18. The number of rotatable bonds is 6. The Bertz CT molecular complexity index is 654. The molecule has 0 aromatic heterocycles. The van der Waals surface area contributed by atoms with Gasteiger partial charge >= 0.3 is 0 Å².